The van der Waals surface area contributed by atoms with Gasteiger partial charge in [-0.25, -0.2) is 4.79 Å². The van der Waals surface area contributed by atoms with Gasteiger partial charge in [-0.3, -0.25) is 9.59 Å². The molecule has 0 aliphatic heterocycles. The minimum atomic E-state index is -1.01. The molecule has 0 aliphatic rings. The van der Waals surface area contributed by atoms with E-state index in [0.29, 0.717) is 11.3 Å². The van der Waals surface area contributed by atoms with E-state index in [-0.39, 0.29) is 11.5 Å². The normalized spacial score (nSPS) is 11.6. The molecule has 1 aromatic heterocycles. The molecule has 6 heteroatoms. The molecule has 148 valence electrons. The molecule has 6 nitrogen and oxygen atoms in total. The average Bonchev–Trinajstić information content (AvgIpc) is 3.11. The number of anilines is 1. The topological polar surface area (TPSA) is 77.4 Å². The van der Waals surface area contributed by atoms with Gasteiger partial charge in [0.25, 0.3) is 5.91 Å². The summed E-state index contributed by atoms with van der Waals surface area (Å²) in [6.07, 6.45) is 0.543. The Bertz CT molecular complexity index is 1050. The number of carbonyl (C=O) groups excluding carboxylic acids is 3. The van der Waals surface area contributed by atoms with Crippen molar-refractivity contribution in [2.45, 2.75) is 20.0 Å². The highest BCUT2D eigenvalue weighted by atomic mass is 16.5. The molecule has 1 heterocycles. The van der Waals surface area contributed by atoms with Gasteiger partial charge >= 0.3 is 5.97 Å². The predicted octanol–water partition coefficient (Wildman–Crippen LogP) is 4.08. The third-order valence-electron chi connectivity index (χ3n) is 4.54. The molecule has 0 spiro atoms. The molecule has 0 bridgehead atoms. The Morgan fingerprint density at radius 2 is 1.66 bits per heavy atom. The number of ketones is 1. The molecule has 0 aliphatic carbocycles. The third-order valence-corrected chi connectivity index (χ3v) is 4.54. The van der Waals surface area contributed by atoms with Gasteiger partial charge in [0.05, 0.1) is 0 Å². The van der Waals surface area contributed by atoms with Crippen LogP contribution in [0.15, 0.2) is 66.9 Å². The second kappa shape index (κ2) is 8.56. The summed E-state index contributed by atoms with van der Waals surface area (Å²) in [6, 6.07) is 18.6. The van der Waals surface area contributed by atoms with Crippen molar-refractivity contribution in [2.75, 3.05) is 5.32 Å². The first-order chi connectivity index (χ1) is 13.9. The van der Waals surface area contributed by atoms with E-state index in [4.69, 9.17) is 4.74 Å². The van der Waals surface area contributed by atoms with Gasteiger partial charge in [-0.1, -0.05) is 48.5 Å². The summed E-state index contributed by atoms with van der Waals surface area (Å²) in [5.41, 5.74) is 3.08. The molecular formula is C23H22N2O4. The van der Waals surface area contributed by atoms with Crippen molar-refractivity contribution in [1.82, 2.24) is 4.57 Å². The van der Waals surface area contributed by atoms with E-state index in [2.05, 4.69) is 5.32 Å². The summed E-state index contributed by atoms with van der Waals surface area (Å²) in [4.78, 5) is 36.5. The SMILES string of the molecule is CC(=O)c1cc(C(=O)OC(C)C(=O)Nc2ccccc2-c2ccccc2)n(C)c1. The minimum Gasteiger partial charge on any atom is -0.448 e. The third kappa shape index (κ3) is 4.60. The van der Waals surface area contributed by atoms with Gasteiger partial charge in [-0.2, -0.15) is 0 Å². The number of amides is 1. The molecule has 29 heavy (non-hydrogen) atoms. The molecule has 0 saturated carbocycles. The number of ether oxygens (including phenoxy) is 1. The predicted molar refractivity (Wildman–Crippen MR) is 111 cm³/mol. The van der Waals surface area contributed by atoms with Gasteiger partial charge in [0.2, 0.25) is 0 Å². The fraction of sp³-hybridized carbons (Fsp3) is 0.174. The zero-order valence-electron chi connectivity index (χ0n) is 16.5. The number of hydrogen-bond acceptors (Lipinski definition) is 4. The molecule has 1 amide bonds. The van der Waals surface area contributed by atoms with Crippen LogP contribution in [-0.4, -0.2) is 28.3 Å². The first kappa shape index (κ1) is 20.1. The Morgan fingerprint density at radius 1 is 1.00 bits per heavy atom. The van der Waals surface area contributed by atoms with Crippen LogP contribution in [0.3, 0.4) is 0 Å². The highest BCUT2D eigenvalue weighted by Crippen LogP contribution is 2.27. The summed E-state index contributed by atoms with van der Waals surface area (Å²) >= 11 is 0. The zero-order valence-corrected chi connectivity index (χ0v) is 16.5. The maximum Gasteiger partial charge on any atom is 0.355 e. The Kier molecular flexibility index (Phi) is 5.93. The van der Waals surface area contributed by atoms with Gasteiger partial charge < -0.3 is 14.6 Å². The molecule has 3 rings (SSSR count). The van der Waals surface area contributed by atoms with E-state index in [1.807, 2.05) is 48.5 Å². The van der Waals surface area contributed by atoms with Crippen molar-refractivity contribution < 1.29 is 19.1 Å². The lowest BCUT2D eigenvalue weighted by Gasteiger charge is -2.16. The van der Waals surface area contributed by atoms with Gasteiger partial charge in [-0.15, -0.1) is 0 Å². The molecule has 1 unspecified atom stereocenters. The fourth-order valence-electron chi connectivity index (χ4n) is 2.93. The summed E-state index contributed by atoms with van der Waals surface area (Å²) in [6.45, 7) is 2.93. The Morgan fingerprint density at radius 3 is 2.31 bits per heavy atom. The van der Waals surface area contributed by atoms with Crippen LogP contribution >= 0.6 is 0 Å². The van der Waals surface area contributed by atoms with Gasteiger partial charge in [0.15, 0.2) is 11.9 Å². The number of aromatic nitrogens is 1. The molecule has 0 fully saturated rings. The maximum absolute atomic E-state index is 12.6. The van der Waals surface area contributed by atoms with Crippen LogP contribution < -0.4 is 5.32 Å². The van der Waals surface area contributed by atoms with Gasteiger partial charge in [-0.05, 0) is 31.5 Å². The zero-order chi connectivity index (χ0) is 21.0. The number of para-hydroxylation sites is 1. The van der Waals surface area contributed by atoms with Crippen LogP contribution in [-0.2, 0) is 16.6 Å². The van der Waals surface area contributed by atoms with Crippen LogP contribution in [0.5, 0.6) is 0 Å². The number of carbonyl (C=O) groups is 3. The number of Topliss-reactive ketones (excluding diaryl/α,β-unsaturated/α-hetero) is 1. The number of aryl methyl sites for hydroxylation is 1. The minimum absolute atomic E-state index is 0.150. The molecule has 3 aromatic rings. The van der Waals surface area contributed by atoms with Crippen molar-refractivity contribution in [3.63, 3.8) is 0 Å². The fourth-order valence-corrected chi connectivity index (χ4v) is 2.93. The lowest BCUT2D eigenvalue weighted by atomic mass is 10.0. The van der Waals surface area contributed by atoms with Crippen molar-refractivity contribution in [3.05, 3.63) is 78.1 Å². The van der Waals surface area contributed by atoms with Gasteiger partial charge in [0.1, 0.15) is 5.69 Å². The maximum atomic E-state index is 12.6. The average molecular weight is 390 g/mol. The molecular weight excluding hydrogens is 368 g/mol. The second-order valence-corrected chi connectivity index (χ2v) is 6.73. The van der Waals surface area contributed by atoms with E-state index in [9.17, 15) is 14.4 Å². The van der Waals surface area contributed by atoms with Gasteiger partial charge in [0, 0.05) is 30.1 Å². The largest absolute Gasteiger partial charge is 0.448 e. The van der Waals surface area contributed by atoms with Crippen molar-refractivity contribution >= 4 is 23.3 Å². The Balaban J connectivity index is 1.72. The second-order valence-electron chi connectivity index (χ2n) is 6.73. The number of hydrogen-bond donors (Lipinski definition) is 1. The van der Waals surface area contributed by atoms with E-state index < -0.39 is 18.0 Å². The molecule has 1 N–H and O–H groups in total. The van der Waals surface area contributed by atoms with E-state index in [0.717, 1.165) is 11.1 Å². The molecule has 0 saturated heterocycles. The van der Waals surface area contributed by atoms with Crippen LogP contribution in [0.4, 0.5) is 5.69 Å². The summed E-state index contributed by atoms with van der Waals surface area (Å²) in [5.74, 6) is -1.26. The van der Waals surface area contributed by atoms with Crippen LogP contribution in [0.2, 0.25) is 0 Å². The monoisotopic (exact) mass is 390 g/mol. The molecule has 1 atom stereocenters. The first-order valence-corrected chi connectivity index (χ1v) is 9.20. The number of benzene rings is 2. The van der Waals surface area contributed by atoms with Crippen molar-refractivity contribution in [1.29, 1.82) is 0 Å². The van der Waals surface area contributed by atoms with Crippen molar-refractivity contribution in [2.24, 2.45) is 7.05 Å². The molecule has 2 aromatic carbocycles. The lowest BCUT2D eigenvalue weighted by molar-refractivity contribution is -0.123. The number of nitrogens with one attached hydrogen (secondary N) is 1. The smallest absolute Gasteiger partial charge is 0.355 e. The number of esters is 1. The summed E-state index contributed by atoms with van der Waals surface area (Å²) < 4.78 is 6.82. The first-order valence-electron chi connectivity index (χ1n) is 9.20. The standard InChI is InChI=1S/C23H22N2O4/c1-15(26)18-13-21(25(3)14-18)23(28)29-16(2)22(27)24-20-12-8-7-11-19(20)17-9-5-4-6-10-17/h4-14,16H,1-3H3,(H,24,27). The highest BCUT2D eigenvalue weighted by Gasteiger charge is 2.22. The Labute approximate surface area is 169 Å². The van der Waals surface area contributed by atoms with Crippen molar-refractivity contribution in [3.8, 4) is 11.1 Å². The summed E-state index contributed by atoms with van der Waals surface area (Å²) in [5, 5.41) is 2.83. The van der Waals surface area contributed by atoms with E-state index in [1.165, 1.54) is 24.5 Å². The van der Waals surface area contributed by atoms with E-state index >= 15 is 0 Å². The van der Waals surface area contributed by atoms with E-state index in [1.54, 1.807) is 19.3 Å². The van der Waals surface area contributed by atoms with Crippen LogP contribution in [0.25, 0.3) is 11.1 Å². The Hall–Kier alpha value is -3.67. The quantitative estimate of drug-likeness (QED) is 0.508. The number of rotatable bonds is 6. The number of nitrogens with zero attached hydrogens (tertiary/aromatic N) is 1. The van der Waals surface area contributed by atoms with Crippen LogP contribution in [0, 0.1) is 0 Å². The summed E-state index contributed by atoms with van der Waals surface area (Å²) in [7, 11) is 1.64. The lowest BCUT2D eigenvalue weighted by Crippen LogP contribution is -2.30. The molecule has 0 radical (unpaired) electrons. The van der Waals surface area contributed by atoms with Crippen LogP contribution in [0.1, 0.15) is 34.7 Å². The highest BCUT2D eigenvalue weighted by molar-refractivity contribution is 6.01.